The first-order chi connectivity index (χ1) is 18.0. The van der Waals surface area contributed by atoms with Crippen molar-refractivity contribution in [1.29, 1.82) is 0 Å². The second-order valence-electron chi connectivity index (χ2n) is 11.0. The Labute approximate surface area is 219 Å². The standard InChI is InChI=1S/C29H40N2O6/c1-2-36-13-5-11-31(25(33)16-20-15-18-8-9-19(20)14-18)23-17-22(29(35)30-10-12-32)26-21-6-3-4-7-24(21)37-28(26)27(23)34/h3-4,6-7,17-20,23,26-28,32,34H,2,5,8-16H2,1H3,(H,30,35). The Morgan fingerprint density at radius 1 is 1.22 bits per heavy atom. The van der Waals surface area contributed by atoms with Crippen molar-refractivity contribution in [2.45, 2.75) is 69.6 Å². The van der Waals surface area contributed by atoms with Crippen LogP contribution < -0.4 is 10.1 Å². The van der Waals surface area contributed by atoms with Gasteiger partial charge in [-0.15, -0.1) is 0 Å². The molecule has 3 aliphatic carbocycles. The Kier molecular flexibility index (Phi) is 8.17. The number of carbonyl (C=O) groups excluding carboxylic acids is 2. The molecule has 202 valence electrons. The highest BCUT2D eigenvalue weighted by Gasteiger charge is 2.50. The van der Waals surface area contributed by atoms with Crippen molar-refractivity contribution in [1.82, 2.24) is 10.2 Å². The van der Waals surface area contributed by atoms with Crippen molar-refractivity contribution >= 4 is 11.8 Å². The molecule has 2 bridgehead atoms. The van der Waals surface area contributed by atoms with E-state index in [0.717, 1.165) is 17.9 Å². The lowest BCUT2D eigenvalue weighted by Crippen LogP contribution is -2.56. The number of nitrogens with one attached hydrogen (secondary N) is 1. The highest BCUT2D eigenvalue weighted by atomic mass is 16.5. The molecule has 2 saturated carbocycles. The van der Waals surface area contributed by atoms with Crippen LogP contribution in [-0.2, 0) is 14.3 Å². The molecular weight excluding hydrogens is 472 g/mol. The summed E-state index contributed by atoms with van der Waals surface area (Å²) in [6, 6.07) is 6.84. The van der Waals surface area contributed by atoms with E-state index >= 15 is 0 Å². The Bertz CT molecular complexity index is 1010. The minimum atomic E-state index is -0.983. The molecule has 1 heterocycles. The summed E-state index contributed by atoms with van der Waals surface area (Å²) in [4.78, 5) is 28.8. The lowest BCUT2D eigenvalue weighted by Gasteiger charge is -2.41. The van der Waals surface area contributed by atoms with E-state index in [-0.39, 0.29) is 25.0 Å². The van der Waals surface area contributed by atoms with Gasteiger partial charge in [-0.3, -0.25) is 9.59 Å². The van der Waals surface area contributed by atoms with Gasteiger partial charge in [0.05, 0.1) is 18.6 Å². The van der Waals surface area contributed by atoms with Crippen LogP contribution in [-0.4, -0.2) is 78.1 Å². The quantitative estimate of drug-likeness (QED) is 0.393. The van der Waals surface area contributed by atoms with Crippen LogP contribution >= 0.6 is 0 Å². The maximum Gasteiger partial charge on any atom is 0.247 e. The fourth-order valence-electron chi connectivity index (χ4n) is 7.08. The van der Waals surface area contributed by atoms with Crippen LogP contribution in [0, 0.1) is 17.8 Å². The van der Waals surface area contributed by atoms with Crippen molar-refractivity contribution in [3.8, 4) is 5.75 Å². The number of rotatable bonds is 11. The van der Waals surface area contributed by atoms with Crippen molar-refractivity contribution in [3.05, 3.63) is 41.5 Å². The highest BCUT2D eigenvalue weighted by Crippen LogP contribution is 2.50. The molecule has 7 unspecified atom stereocenters. The number of ether oxygens (including phenoxy) is 2. The first-order valence-electron chi connectivity index (χ1n) is 13.9. The molecule has 8 heteroatoms. The van der Waals surface area contributed by atoms with Gasteiger partial charge in [-0.2, -0.15) is 0 Å². The molecule has 0 spiro atoms. The minimum absolute atomic E-state index is 0.0263. The third-order valence-electron chi connectivity index (χ3n) is 8.77. The van der Waals surface area contributed by atoms with E-state index in [4.69, 9.17) is 9.47 Å². The van der Waals surface area contributed by atoms with Crippen molar-refractivity contribution in [2.75, 3.05) is 32.9 Å². The number of nitrogens with zero attached hydrogens (tertiary/aromatic N) is 1. The first kappa shape index (κ1) is 26.2. The molecule has 5 rings (SSSR count). The summed E-state index contributed by atoms with van der Waals surface area (Å²) in [6.07, 6.45) is 6.08. The first-order valence-corrected chi connectivity index (χ1v) is 13.9. The number of para-hydroxylation sites is 1. The molecule has 1 aromatic carbocycles. The van der Waals surface area contributed by atoms with Gasteiger partial charge < -0.3 is 29.9 Å². The number of fused-ring (bicyclic) bond motifs is 5. The van der Waals surface area contributed by atoms with Gasteiger partial charge in [-0.05, 0) is 62.5 Å². The predicted molar refractivity (Wildman–Crippen MR) is 138 cm³/mol. The normalized spacial score (nSPS) is 31.3. The van der Waals surface area contributed by atoms with E-state index in [1.54, 1.807) is 11.0 Å². The van der Waals surface area contributed by atoms with Crippen molar-refractivity contribution < 1.29 is 29.3 Å². The Morgan fingerprint density at radius 3 is 2.78 bits per heavy atom. The summed E-state index contributed by atoms with van der Waals surface area (Å²) in [5.41, 5.74) is 1.33. The number of amides is 2. The summed E-state index contributed by atoms with van der Waals surface area (Å²) < 4.78 is 11.7. The molecule has 1 aliphatic heterocycles. The fraction of sp³-hybridized carbons (Fsp3) is 0.655. The third-order valence-corrected chi connectivity index (χ3v) is 8.77. The zero-order chi connectivity index (χ0) is 25.9. The fourth-order valence-corrected chi connectivity index (χ4v) is 7.08. The third kappa shape index (κ3) is 5.29. The average molecular weight is 513 g/mol. The smallest absolute Gasteiger partial charge is 0.247 e. The number of carbonyl (C=O) groups is 2. The zero-order valence-electron chi connectivity index (χ0n) is 21.7. The second kappa shape index (κ2) is 11.5. The van der Waals surface area contributed by atoms with Gasteiger partial charge in [0.25, 0.3) is 0 Å². The molecule has 7 atom stereocenters. The summed E-state index contributed by atoms with van der Waals surface area (Å²) in [5, 5.41) is 23.6. The van der Waals surface area contributed by atoms with E-state index in [9.17, 15) is 19.8 Å². The summed E-state index contributed by atoms with van der Waals surface area (Å²) in [7, 11) is 0. The minimum Gasteiger partial charge on any atom is -0.486 e. The van der Waals surface area contributed by atoms with Gasteiger partial charge >= 0.3 is 0 Å². The molecular formula is C29H40N2O6. The number of aliphatic hydroxyl groups is 2. The molecule has 0 radical (unpaired) electrons. The van der Waals surface area contributed by atoms with E-state index in [1.165, 1.54) is 19.3 Å². The second-order valence-corrected chi connectivity index (χ2v) is 11.0. The monoisotopic (exact) mass is 512 g/mol. The van der Waals surface area contributed by atoms with Crippen LogP contribution in [0.15, 0.2) is 35.9 Å². The van der Waals surface area contributed by atoms with Crippen LogP contribution in [0.4, 0.5) is 0 Å². The van der Waals surface area contributed by atoms with E-state index in [0.29, 0.717) is 55.8 Å². The molecule has 1 aromatic rings. The maximum absolute atomic E-state index is 13.8. The lowest BCUT2D eigenvalue weighted by molar-refractivity contribution is -0.138. The molecule has 2 fully saturated rings. The Balaban J connectivity index is 1.43. The largest absolute Gasteiger partial charge is 0.486 e. The van der Waals surface area contributed by atoms with Crippen molar-refractivity contribution in [2.24, 2.45) is 17.8 Å². The predicted octanol–water partition coefficient (Wildman–Crippen LogP) is 2.39. The Morgan fingerprint density at radius 2 is 2.05 bits per heavy atom. The molecule has 8 nitrogen and oxygen atoms in total. The maximum atomic E-state index is 13.8. The van der Waals surface area contributed by atoms with E-state index < -0.39 is 24.2 Å². The van der Waals surface area contributed by atoms with Gasteiger partial charge in [0.2, 0.25) is 11.8 Å². The van der Waals surface area contributed by atoms with Gasteiger partial charge in [-0.25, -0.2) is 0 Å². The van der Waals surface area contributed by atoms with Crippen molar-refractivity contribution in [3.63, 3.8) is 0 Å². The molecule has 2 amide bonds. The Hall–Kier alpha value is -2.42. The average Bonchev–Trinajstić information content (AvgIpc) is 3.63. The summed E-state index contributed by atoms with van der Waals surface area (Å²) >= 11 is 0. The van der Waals surface area contributed by atoms with Gasteiger partial charge in [-0.1, -0.05) is 24.6 Å². The van der Waals surface area contributed by atoms with Crippen LogP contribution in [0.3, 0.4) is 0 Å². The molecule has 3 N–H and O–H groups in total. The molecule has 0 aromatic heterocycles. The molecule has 4 aliphatic rings. The topological polar surface area (TPSA) is 108 Å². The number of benzene rings is 1. The summed E-state index contributed by atoms with van der Waals surface area (Å²) in [6.45, 7) is 3.48. The van der Waals surface area contributed by atoms with Crippen LogP contribution in [0.2, 0.25) is 0 Å². The summed E-state index contributed by atoms with van der Waals surface area (Å²) in [5.74, 6) is 1.71. The number of hydrogen-bond acceptors (Lipinski definition) is 6. The van der Waals surface area contributed by atoms with Crippen LogP contribution in [0.1, 0.15) is 56.9 Å². The SMILES string of the molecule is CCOCCCN(C(=O)CC1CC2CCC1C2)C1C=C(C(=O)NCCO)C2c3ccccc3OC2C1O. The number of hydrogen-bond donors (Lipinski definition) is 3. The molecule has 37 heavy (non-hydrogen) atoms. The van der Waals surface area contributed by atoms with Gasteiger partial charge in [0.15, 0.2) is 0 Å². The van der Waals surface area contributed by atoms with Crippen LogP contribution in [0.25, 0.3) is 0 Å². The van der Waals surface area contributed by atoms with Gasteiger partial charge in [0, 0.05) is 43.9 Å². The number of aliphatic hydroxyl groups excluding tert-OH is 2. The zero-order valence-corrected chi connectivity index (χ0v) is 21.7. The lowest BCUT2D eigenvalue weighted by atomic mass is 9.77. The highest BCUT2D eigenvalue weighted by molar-refractivity contribution is 5.96. The van der Waals surface area contributed by atoms with E-state index in [2.05, 4.69) is 5.32 Å². The van der Waals surface area contributed by atoms with Crippen LogP contribution in [0.5, 0.6) is 5.75 Å². The van der Waals surface area contributed by atoms with E-state index in [1.807, 2.05) is 31.2 Å². The molecule has 0 saturated heterocycles. The van der Waals surface area contributed by atoms with Gasteiger partial charge in [0.1, 0.15) is 18.0 Å².